The molecule has 8 atom stereocenters. The molecule has 6 nitrogen and oxygen atoms in total. The quantitative estimate of drug-likeness (QED) is 0.502. The lowest BCUT2D eigenvalue weighted by Crippen LogP contribution is -2.66. The van der Waals surface area contributed by atoms with E-state index >= 15 is 0 Å². The van der Waals surface area contributed by atoms with Gasteiger partial charge in [0, 0.05) is 27.8 Å². The number of fused-ring (bicyclic) bond motifs is 5. The number of hydrogen-bond donors (Lipinski definition) is 4. The van der Waals surface area contributed by atoms with Gasteiger partial charge in [-0.2, -0.15) is 0 Å². The molecule has 4 aliphatic carbocycles. The van der Waals surface area contributed by atoms with Gasteiger partial charge >= 0.3 is 0 Å². The molecule has 0 saturated heterocycles. The van der Waals surface area contributed by atoms with Crippen LogP contribution in [0.1, 0.15) is 80.6 Å². The highest BCUT2D eigenvalue weighted by atomic mass is 16.3. The van der Waals surface area contributed by atoms with Crippen LogP contribution in [-0.2, 0) is 9.59 Å². The molecule has 0 aromatic rings. The van der Waals surface area contributed by atoms with Crippen molar-refractivity contribution < 1.29 is 19.8 Å². The third-order valence-electron chi connectivity index (χ3n) is 9.77. The maximum atomic E-state index is 13.8. The van der Waals surface area contributed by atoms with Crippen molar-refractivity contribution in [2.45, 2.75) is 103 Å². The van der Waals surface area contributed by atoms with Crippen LogP contribution in [0.25, 0.3) is 0 Å². The van der Waals surface area contributed by atoms with Crippen molar-refractivity contribution in [3.05, 3.63) is 23.8 Å². The minimum atomic E-state index is -1.57. The SMILES string of the molecule is C[C@@H]1CC2C3CCC4=CC(=O)C=C[C@]4(C)C3[C@@H](O)C[C@]2(C)[C@@]1(O)C(=O)NC(C)(C)CC(C)(C)N. The Bertz CT molecular complexity index is 947. The largest absolute Gasteiger partial charge is 0.393 e. The summed E-state index contributed by atoms with van der Waals surface area (Å²) in [6.07, 6.45) is 8.05. The smallest absolute Gasteiger partial charge is 0.253 e. The summed E-state index contributed by atoms with van der Waals surface area (Å²) in [5.74, 6) is -0.301. The first kappa shape index (κ1) is 25.6. The first-order valence-corrected chi connectivity index (χ1v) is 12.9. The summed E-state index contributed by atoms with van der Waals surface area (Å²) < 4.78 is 0. The van der Waals surface area contributed by atoms with E-state index in [1.165, 1.54) is 0 Å². The van der Waals surface area contributed by atoms with E-state index in [9.17, 15) is 19.8 Å². The minimum absolute atomic E-state index is 0.0184. The fourth-order valence-electron chi connectivity index (χ4n) is 8.73. The summed E-state index contributed by atoms with van der Waals surface area (Å²) in [6.45, 7) is 13.9. The van der Waals surface area contributed by atoms with Gasteiger partial charge in [-0.25, -0.2) is 0 Å². The summed E-state index contributed by atoms with van der Waals surface area (Å²) in [6, 6.07) is 0. The van der Waals surface area contributed by atoms with Gasteiger partial charge in [0.25, 0.3) is 5.91 Å². The summed E-state index contributed by atoms with van der Waals surface area (Å²) in [5, 5.41) is 26.8. The highest BCUT2D eigenvalue weighted by Crippen LogP contribution is 2.68. The molecule has 34 heavy (non-hydrogen) atoms. The molecule has 0 aromatic heterocycles. The van der Waals surface area contributed by atoms with Crippen molar-refractivity contribution in [1.82, 2.24) is 5.32 Å². The number of carbonyl (C=O) groups excluding carboxylic acids is 2. The Labute approximate surface area is 204 Å². The first-order valence-electron chi connectivity index (χ1n) is 12.9. The number of carbonyl (C=O) groups is 2. The van der Waals surface area contributed by atoms with E-state index < -0.39 is 28.2 Å². The van der Waals surface area contributed by atoms with Gasteiger partial charge in [0.2, 0.25) is 0 Å². The van der Waals surface area contributed by atoms with E-state index in [0.29, 0.717) is 12.8 Å². The van der Waals surface area contributed by atoms with Crippen LogP contribution < -0.4 is 11.1 Å². The number of allylic oxidation sites excluding steroid dienone is 4. The lowest BCUT2D eigenvalue weighted by molar-refractivity contribution is -0.184. The molecule has 3 saturated carbocycles. The van der Waals surface area contributed by atoms with Crippen molar-refractivity contribution in [2.75, 3.05) is 0 Å². The summed E-state index contributed by atoms with van der Waals surface area (Å²) in [4.78, 5) is 25.8. The second-order valence-electron chi connectivity index (χ2n) is 13.6. The van der Waals surface area contributed by atoms with Crippen molar-refractivity contribution >= 4 is 11.7 Å². The Kier molecular flexibility index (Phi) is 5.83. The Hall–Kier alpha value is -1.50. The van der Waals surface area contributed by atoms with Crippen molar-refractivity contribution in [1.29, 1.82) is 0 Å². The van der Waals surface area contributed by atoms with E-state index in [2.05, 4.69) is 12.2 Å². The summed E-state index contributed by atoms with van der Waals surface area (Å²) in [7, 11) is 0. The van der Waals surface area contributed by atoms with E-state index in [-0.39, 0.29) is 40.8 Å². The lowest BCUT2D eigenvalue weighted by Gasteiger charge is -2.59. The summed E-state index contributed by atoms with van der Waals surface area (Å²) >= 11 is 0. The van der Waals surface area contributed by atoms with Crippen LogP contribution >= 0.6 is 0 Å². The maximum Gasteiger partial charge on any atom is 0.253 e. The highest BCUT2D eigenvalue weighted by Gasteiger charge is 2.71. The number of hydrogen-bond acceptors (Lipinski definition) is 5. The third kappa shape index (κ3) is 3.72. The zero-order valence-electron chi connectivity index (χ0n) is 21.9. The molecule has 6 heteroatoms. The molecule has 4 rings (SSSR count). The summed E-state index contributed by atoms with van der Waals surface area (Å²) in [5.41, 5.74) is 3.62. The Morgan fingerprint density at radius 1 is 1.26 bits per heavy atom. The molecule has 0 aliphatic heterocycles. The van der Waals surface area contributed by atoms with E-state index in [0.717, 1.165) is 24.8 Å². The number of amides is 1. The van der Waals surface area contributed by atoms with Gasteiger partial charge in [-0.15, -0.1) is 0 Å². The Morgan fingerprint density at radius 2 is 1.91 bits per heavy atom. The number of nitrogens with one attached hydrogen (secondary N) is 1. The minimum Gasteiger partial charge on any atom is -0.393 e. The molecule has 190 valence electrons. The molecule has 0 heterocycles. The Balaban J connectivity index is 1.67. The normalized spacial score (nSPS) is 44.1. The van der Waals surface area contributed by atoms with Crippen LogP contribution in [0.3, 0.4) is 0 Å². The number of aliphatic hydroxyl groups is 2. The predicted molar refractivity (Wildman–Crippen MR) is 133 cm³/mol. The zero-order chi connectivity index (χ0) is 25.5. The number of nitrogens with two attached hydrogens (primary N) is 1. The highest BCUT2D eigenvalue weighted by molar-refractivity contribution is 6.01. The maximum absolute atomic E-state index is 13.8. The van der Waals surface area contributed by atoms with Crippen LogP contribution in [0.15, 0.2) is 23.8 Å². The van der Waals surface area contributed by atoms with Crippen LogP contribution in [0, 0.1) is 34.5 Å². The Morgan fingerprint density at radius 3 is 2.53 bits per heavy atom. The number of ketones is 1. The molecule has 0 aromatic carbocycles. The second kappa shape index (κ2) is 7.75. The van der Waals surface area contributed by atoms with Crippen molar-refractivity contribution in [3.8, 4) is 0 Å². The van der Waals surface area contributed by atoms with E-state index in [1.807, 2.05) is 47.6 Å². The monoisotopic (exact) mass is 472 g/mol. The average molecular weight is 473 g/mol. The van der Waals surface area contributed by atoms with Crippen LogP contribution in [0.2, 0.25) is 0 Å². The van der Waals surface area contributed by atoms with E-state index in [1.54, 1.807) is 12.2 Å². The zero-order valence-corrected chi connectivity index (χ0v) is 21.9. The fraction of sp³-hybridized carbons (Fsp3) is 0.786. The predicted octanol–water partition coefficient (Wildman–Crippen LogP) is 3.26. The lowest BCUT2D eigenvalue weighted by atomic mass is 9.46. The van der Waals surface area contributed by atoms with Gasteiger partial charge in [0.15, 0.2) is 11.4 Å². The van der Waals surface area contributed by atoms with Crippen molar-refractivity contribution in [2.24, 2.45) is 40.2 Å². The molecule has 5 N–H and O–H groups in total. The second-order valence-corrected chi connectivity index (χ2v) is 13.6. The van der Waals surface area contributed by atoms with Crippen molar-refractivity contribution in [3.63, 3.8) is 0 Å². The molecule has 4 aliphatic rings. The fourth-order valence-corrected chi connectivity index (χ4v) is 8.73. The van der Waals surface area contributed by atoms with Gasteiger partial charge in [-0.3, -0.25) is 9.59 Å². The topological polar surface area (TPSA) is 113 Å². The molecule has 0 bridgehead atoms. The van der Waals surface area contributed by atoms with Crippen LogP contribution in [0.5, 0.6) is 0 Å². The van der Waals surface area contributed by atoms with Gasteiger partial charge in [-0.1, -0.05) is 32.4 Å². The van der Waals surface area contributed by atoms with Gasteiger partial charge in [0.1, 0.15) is 0 Å². The molecule has 3 unspecified atom stereocenters. The third-order valence-corrected chi connectivity index (χ3v) is 9.77. The van der Waals surface area contributed by atoms with Crippen LogP contribution in [0.4, 0.5) is 0 Å². The molecular formula is C28H44N2O4. The number of aliphatic hydroxyl groups excluding tert-OH is 1. The molecule has 1 amide bonds. The average Bonchev–Trinajstić information content (AvgIpc) is 2.87. The van der Waals surface area contributed by atoms with Crippen LogP contribution in [-0.4, -0.2) is 44.7 Å². The van der Waals surface area contributed by atoms with Gasteiger partial charge in [-0.05, 0) is 89.7 Å². The van der Waals surface area contributed by atoms with Gasteiger partial charge in [0.05, 0.1) is 6.10 Å². The molecule has 3 fully saturated rings. The molecule has 0 radical (unpaired) electrons. The first-order chi connectivity index (χ1) is 15.4. The standard InChI is InChI=1S/C28H44N2O4/c1-16-12-20-19-9-8-17-13-18(31)10-11-26(17,6)22(19)21(32)14-27(20,7)28(16,34)23(33)30-25(4,5)15-24(2,3)29/h10-11,13,16,19-22,32,34H,8-9,12,14-15,29H2,1-7H3,(H,30,33)/t16-,19?,20?,21+,22?,26+,27+,28+/m1/s1. The van der Waals surface area contributed by atoms with E-state index in [4.69, 9.17) is 5.73 Å². The van der Waals surface area contributed by atoms with Gasteiger partial charge < -0.3 is 21.3 Å². The number of rotatable bonds is 4. The molecule has 0 spiro atoms. The molecular weight excluding hydrogens is 428 g/mol.